The van der Waals surface area contributed by atoms with Gasteiger partial charge in [0.05, 0.1) is 23.2 Å². The molecule has 0 saturated carbocycles. The van der Waals surface area contributed by atoms with E-state index >= 15 is 0 Å². The van der Waals surface area contributed by atoms with Crippen LogP contribution >= 0.6 is 0 Å². The molecule has 0 radical (unpaired) electrons. The summed E-state index contributed by atoms with van der Waals surface area (Å²) in [6.45, 7) is 3.64. The van der Waals surface area contributed by atoms with Gasteiger partial charge in [-0.05, 0) is 43.7 Å². The second kappa shape index (κ2) is 6.88. The van der Waals surface area contributed by atoms with Gasteiger partial charge in [-0.15, -0.1) is 5.10 Å². The number of fused-ring (bicyclic) bond motifs is 1. The van der Waals surface area contributed by atoms with Gasteiger partial charge in [0, 0.05) is 11.1 Å². The molecule has 2 heterocycles. The highest BCUT2D eigenvalue weighted by Gasteiger charge is 2.30. The molecule has 0 aliphatic heterocycles. The van der Waals surface area contributed by atoms with Crippen molar-refractivity contribution in [1.82, 2.24) is 19.6 Å². The first-order valence-corrected chi connectivity index (χ1v) is 8.93. The highest BCUT2D eigenvalue weighted by molar-refractivity contribution is 5.87. The number of aromatic nitrogens is 4. The molecule has 8 heteroatoms. The van der Waals surface area contributed by atoms with Crippen molar-refractivity contribution >= 4 is 10.8 Å². The second-order valence-corrected chi connectivity index (χ2v) is 6.87. The number of aryl methyl sites for hydroxylation is 2. The third-order valence-corrected chi connectivity index (χ3v) is 4.65. The number of hydrogen-bond donors (Lipinski definition) is 0. The zero-order valence-electron chi connectivity index (χ0n) is 15.7. The smallest absolute Gasteiger partial charge is 0.267 e. The largest absolute Gasteiger partial charge is 0.416 e. The van der Waals surface area contributed by atoms with Gasteiger partial charge in [-0.3, -0.25) is 4.79 Å². The molecule has 5 nitrogen and oxygen atoms in total. The van der Waals surface area contributed by atoms with Gasteiger partial charge in [0.25, 0.3) is 5.56 Å². The molecular formula is C21H17F3N4O. The van der Waals surface area contributed by atoms with Crippen LogP contribution in [0.25, 0.3) is 16.6 Å². The molecule has 0 fully saturated rings. The molecule has 0 aliphatic rings. The van der Waals surface area contributed by atoms with E-state index in [0.717, 1.165) is 23.5 Å². The van der Waals surface area contributed by atoms with Crippen molar-refractivity contribution in [2.24, 2.45) is 0 Å². The van der Waals surface area contributed by atoms with Crippen molar-refractivity contribution in [2.45, 2.75) is 26.6 Å². The Labute approximate surface area is 164 Å². The van der Waals surface area contributed by atoms with Crippen LogP contribution in [0.4, 0.5) is 13.2 Å². The summed E-state index contributed by atoms with van der Waals surface area (Å²) >= 11 is 0. The van der Waals surface area contributed by atoms with Crippen molar-refractivity contribution in [3.63, 3.8) is 0 Å². The van der Waals surface area contributed by atoms with E-state index in [1.165, 1.54) is 10.7 Å². The first kappa shape index (κ1) is 18.9. The zero-order chi connectivity index (χ0) is 20.8. The topological polar surface area (TPSA) is 52.7 Å². The molecule has 0 atom stereocenters. The van der Waals surface area contributed by atoms with Gasteiger partial charge in [0.1, 0.15) is 0 Å². The van der Waals surface area contributed by atoms with E-state index in [1.54, 1.807) is 35.0 Å². The monoisotopic (exact) mass is 398 g/mol. The van der Waals surface area contributed by atoms with Gasteiger partial charge in [0.15, 0.2) is 5.82 Å². The normalized spacial score (nSPS) is 11.9. The van der Waals surface area contributed by atoms with Gasteiger partial charge >= 0.3 is 6.18 Å². The molecule has 4 aromatic rings. The van der Waals surface area contributed by atoms with E-state index in [0.29, 0.717) is 22.2 Å². The van der Waals surface area contributed by atoms with Crippen LogP contribution in [-0.2, 0) is 12.7 Å². The maximum atomic E-state index is 13.0. The first-order valence-electron chi connectivity index (χ1n) is 8.93. The fourth-order valence-electron chi connectivity index (χ4n) is 3.34. The van der Waals surface area contributed by atoms with E-state index in [-0.39, 0.29) is 12.1 Å². The second-order valence-electron chi connectivity index (χ2n) is 6.87. The van der Waals surface area contributed by atoms with Crippen LogP contribution in [0.15, 0.2) is 59.4 Å². The third-order valence-electron chi connectivity index (χ3n) is 4.65. The summed E-state index contributed by atoms with van der Waals surface area (Å²) in [5, 5.41) is 9.96. The summed E-state index contributed by atoms with van der Waals surface area (Å²) in [7, 11) is 0. The molecule has 0 aliphatic carbocycles. The fourth-order valence-corrected chi connectivity index (χ4v) is 3.34. The summed E-state index contributed by atoms with van der Waals surface area (Å²) in [6, 6.07) is 13.8. The van der Waals surface area contributed by atoms with Crippen molar-refractivity contribution in [3.05, 3.63) is 87.5 Å². The fraction of sp³-hybridized carbons (Fsp3) is 0.190. The third kappa shape index (κ3) is 3.53. The maximum absolute atomic E-state index is 13.0. The Morgan fingerprint density at radius 2 is 1.66 bits per heavy atom. The minimum absolute atomic E-state index is 0.0834. The SMILES string of the molecule is Cc1cc(C)n(-c2nn(Cc3cccc(C(F)(F)F)c3)c(=O)c3ccccc23)n1. The van der Waals surface area contributed by atoms with Crippen molar-refractivity contribution in [2.75, 3.05) is 0 Å². The average molecular weight is 398 g/mol. The summed E-state index contributed by atoms with van der Waals surface area (Å²) < 4.78 is 41.9. The molecule has 4 rings (SSSR count). The van der Waals surface area contributed by atoms with Crippen molar-refractivity contribution in [3.8, 4) is 5.82 Å². The number of hydrogen-bond acceptors (Lipinski definition) is 3. The Morgan fingerprint density at radius 1 is 0.931 bits per heavy atom. The molecule has 29 heavy (non-hydrogen) atoms. The molecule has 0 N–H and O–H groups in total. The van der Waals surface area contributed by atoms with Gasteiger partial charge < -0.3 is 0 Å². The summed E-state index contributed by atoms with van der Waals surface area (Å²) in [4.78, 5) is 12.9. The number of halogens is 3. The molecule has 2 aromatic carbocycles. The van der Waals surface area contributed by atoms with Crippen LogP contribution in [0.1, 0.15) is 22.5 Å². The van der Waals surface area contributed by atoms with Crippen LogP contribution in [0.3, 0.4) is 0 Å². The van der Waals surface area contributed by atoms with Crippen LogP contribution in [-0.4, -0.2) is 19.6 Å². The van der Waals surface area contributed by atoms with Gasteiger partial charge in [-0.25, -0.2) is 9.36 Å². The van der Waals surface area contributed by atoms with Crippen molar-refractivity contribution < 1.29 is 13.2 Å². The molecule has 2 aromatic heterocycles. The maximum Gasteiger partial charge on any atom is 0.416 e. The highest BCUT2D eigenvalue weighted by Crippen LogP contribution is 2.29. The number of alkyl halides is 3. The van der Waals surface area contributed by atoms with E-state index in [1.807, 2.05) is 19.9 Å². The predicted molar refractivity (Wildman–Crippen MR) is 103 cm³/mol. The van der Waals surface area contributed by atoms with Crippen LogP contribution in [0.2, 0.25) is 0 Å². The van der Waals surface area contributed by atoms with E-state index < -0.39 is 11.7 Å². The summed E-state index contributed by atoms with van der Waals surface area (Å²) in [5.74, 6) is 0.456. The predicted octanol–water partition coefficient (Wildman–Crippen LogP) is 4.27. The van der Waals surface area contributed by atoms with E-state index in [9.17, 15) is 18.0 Å². The minimum atomic E-state index is -4.45. The standard InChI is InChI=1S/C21H17F3N4O/c1-13-10-14(2)28(25-13)19-17-8-3-4-9-18(17)20(29)27(26-19)12-15-6-5-7-16(11-15)21(22,23)24/h3-11H,12H2,1-2H3. The Hall–Kier alpha value is -3.42. The summed E-state index contributed by atoms with van der Waals surface area (Å²) in [5.41, 5.74) is 0.836. The average Bonchev–Trinajstić information content (AvgIpc) is 3.01. The van der Waals surface area contributed by atoms with Crippen LogP contribution in [0.5, 0.6) is 0 Å². The molecule has 148 valence electrons. The molecular weight excluding hydrogens is 381 g/mol. The van der Waals surface area contributed by atoms with Crippen LogP contribution in [0, 0.1) is 13.8 Å². The lowest BCUT2D eigenvalue weighted by Gasteiger charge is -2.13. The van der Waals surface area contributed by atoms with Crippen molar-refractivity contribution in [1.29, 1.82) is 0 Å². The lowest BCUT2D eigenvalue weighted by Crippen LogP contribution is -2.26. The number of benzene rings is 2. The Morgan fingerprint density at radius 3 is 2.31 bits per heavy atom. The number of rotatable bonds is 3. The van der Waals surface area contributed by atoms with Gasteiger partial charge in [-0.1, -0.05) is 30.3 Å². The van der Waals surface area contributed by atoms with Gasteiger partial charge in [0.2, 0.25) is 0 Å². The molecule has 0 amide bonds. The molecule has 0 bridgehead atoms. The van der Waals surface area contributed by atoms with Crippen LogP contribution < -0.4 is 5.56 Å². The van der Waals surface area contributed by atoms with E-state index in [2.05, 4.69) is 10.2 Å². The first-order chi connectivity index (χ1) is 13.7. The lowest BCUT2D eigenvalue weighted by atomic mass is 10.1. The highest BCUT2D eigenvalue weighted by atomic mass is 19.4. The zero-order valence-corrected chi connectivity index (χ0v) is 15.7. The number of nitrogens with zero attached hydrogens (tertiary/aromatic N) is 4. The van der Waals surface area contributed by atoms with Gasteiger partial charge in [-0.2, -0.15) is 18.3 Å². The Bertz CT molecular complexity index is 1270. The lowest BCUT2D eigenvalue weighted by molar-refractivity contribution is -0.137. The molecule has 0 spiro atoms. The Balaban J connectivity index is 1.89. The quantitative estimate of drug-likeness (QED) is 0.518. The molecule has 0 unspecified atom stereocenters. The minimum Gasteiger partial charge on any atom is -0.267 e. The molecule has 0 saturated heterocycles. The summed E-state index contributed by atoms with van der Waals surface area (Å²) in [6.07, 6.45) is -4.45. The van der Waals surface area contributed by atoms with E-state index in [4.69, 9.17) is 0 Å². The Kier molecular flexibility index (Phi) is 4.49.